The van der Waals surface area contributed by atoms with E-state index in [1.165, 1.54) is 18.2 Å². The standard InChI is InChI=1S/C22H14O6.C22H16O4.CH2O3.2K.H/c23-19-15(21(25)26)9-11-5-1-3-7-13(11)17(19)18-14-8-4-2-6-12(14)10-16(20(18)24)22(27)28;1-12-10-13-6-2-4-8-15(13)18(20(12)23)19-16-9-5-3-7-14(16)11-17(21(19)24)22(25)26;2-1-4-3;;;/h1-10,23-24H,(H,25,26)(H,27,28);2-11,23-24H,1H3,(H,25,26);1,3H;;;/q;;;2*+1;-1/p-1. The number of aryl methyl sites for hydroxylation is 1. The van der Waals surface area contributed by atoms with Crippen LogP contribution in [0.1, 0.15) is 38.1 Å². The molecule has 0 radical (unpaired) electrons. The second-order valence-electron chi connectivity index (χ2n) is 12.9. The van der Waals surface area contributed by atoms with Crippen molar-refractivity contribution in [2.75, 3.05) is 0 Å². The first-order valence-electron chi connectivity index (χ1n) is 17.2. The Morgan fingerprint density at radius 1 is 0.483 bits per heavy atom. The third-order valence-electron chi connectivity index (χ3n) is 9.51. The number of carbonyl (C=O) groups is 4. The van der Waals surface area contributed by atoms with Crippen molar-refractivity contribution in [3.05, 3.63) is 144 Å². The molecule has 8 aromatic carbocycles. The number of carboxylic acid groups (broad SMARTS) is 3. The summed E-state index contributed by atoms with van der Waals surface area (Å²) in [6.07, 6.45) is 0. The Labute approximate surface area is 427 Å². The largest absolute Gasteiger partial charge is 1.00 e. The minimum Gasteiger partial charge on any atom is -1.00 e. The molecule has 292 valence electrons. The van der Waals surface area contributed by atoms with Crippen LogP contribution >= 0.6 is 0 Å². The van der Waals surface area contributed by atoms with Gasteiger partial charge < -0.3 is 47.3 Å². The van der Waals surface area contributed by atoms with Crippen LogP contribution in [0.15, 0.2) is 121 Å². The van der Waals surface area contributed by atoms with Crippen LogP contribution in [0.25, 0.3) is 65.3 Å². The Morgan fingerprint density at radius 3 is 0.967 bits per heavy atom. The van der Waals surface area contributed by atoms with Crippen LogP contribution in [0.5, 0.6) is 23.0 Å². The molecule has 0 bridgehead atoms. The monoisotopic (exact) mass is 858 g/mol. The number of phenols is 4. The van der Waals surface area contributed by atoms with Crippen LogP contribution in [0.2, 0.25) is 0 Å². The zero-order valence-electron chi connectivity index (χ0n) is 33.2. The molecule has 0 atom stereocenters. The second kappa shape index (κ2) is 20.6. The quantitative estimate of drug-likeness (QED) is 0.0550. The van der Waals surface area contributed by atoms with E-state index in [1.807, 2.05) is 48.5 Å². The second-order valence-corrected chi connectivity index (χ2v) is 12.9. The molecule has 0 heterocycles. The number of rotatable bonds is 6. The van der Waals surface area contributed by atoms with Crippen LogP contribution in [0.3, 0.4) is 0 Å². The summed E-state index contributed by atoms with van der Waals surface area (Å²) < 4.78 is 0. The molecule has 13 nitrogen and oxygen atoms in total. The molecule has 0 fully saturated rings. The predicted octanol–water partition coefficient (Wildman–Crippen LogP) is 2.10. The Bertz CT molecular complexity index is 2870. The number of aromatic carboxylic acids is 3. The molecule has 8 rings (SSSR count). The van der Waals surface area contributed by atoms with Gasteiger partial charge in [0, 0.05) is 22.3 Å². The molecule has 60 heavy (non-hydrogen) atoms. The van der Waals surface area contributed by atoms with Gasteiger partial charge in [0.05, 0.1) is 0 Å². The molecule has 0 aliphatic carbocycles. The first-order chi connectivity index (χ1) is 27.8. The minimum atomic E-state index is -1.33. The maximum atomic E-state index is 11.7. The maximum Gasteiger partial charge on any atom is 1.00 e. The zero-order valence-corrected chi connectivity index (χ0v) is 38.5. The van der Waals surface area contributed by atoms with Gasteiger partial charge in [-0.2, -0.15) is 0 Å². The molecule has 0 spiro atoms. The van der Waals surface area contributed by atoms with Crippen LogP contribution in [0, 0.1) is 6.92 Å². The topological polar surface area (TPSA) is 242 Å². The van der Waals surface area contributed by atoms with Crippen LogP contribution in [-0.4, -0.2) is 60.1 Å². The maximum absolute atomic E-state index is 11.7. The summed E-state index contributed by atoms with van der Waals surface area (Å²) in [4.78, 5) is 46.2. The molecule has 0 saturated heterocycles. The Balaban J connectivity index is 0.000000287. The Hall–Kier alpha value is -4.89. The number of aromatic hydroxyl groups is 4. The van der Waals surface area contributed by atoms with Gasteiger partial charge in [0.15, 0.2) is 0 Å². The van der Waals surface area contributed by atoms with Gasteiger partial charge in [0.25, 0.3) is 6.47 Å². The molecule has 0 amide bonds. The van der Waals surface area contributed by atoms with E-state index in [-0.39, 0.29) is 150 Å². The van der Waals surface area contributed by atoms with Gasteiger partial charge in [-0.05, 0) is 79.8 Å². The van der Waals surface area contributed by atoms with E-state index in [9.17, 15) is 50.1 Å². The minimum absolute atomic E-state index is 0. The molecule has 0 unspecified atom stereocenters. The fourth-order valence-corrected chi connectivity index (χ4v) is 6.99. The smallest absolute Gasteiger partial charge is 1.00 e. The van der Waals surface area contributed by atoms with Crippen LogP contribution in [0.4, 0.5) is 0 Å². The van der Waals surface area contributed by atoms with Crippen molar-refractivity contribution in [2.24, 2.45) is 0 Å². The summed E-state index contributed by atoms with van der Waals surface area (Å²) in [5, 5.41) is 85.2. The van der Waals surface area contributed by atoms with E-state index in [2.05, 4.69) is 4.89 Å². The number of hydrogen-bond acceptors (Lipinski definition) is 10. The summed E-state index contributed by atoms with van der Waals surface area (Å²) >= 11 is 0. The number of carboxylic acids is 3. The van der Waals surface area contributed by atoms with Gasteiger partial charge in [0.2, 0.25) is 0 Å². The van der Waals surface area contributed by atoms with Gasteiger partial charge >= 0.3 is 121 Å². The molecule has 15 heteroatoms. The fraction of sp³-hybridized carbons (Fsp3) is 0.0222. The van der Waals surface area contributed by atoms with E-state index in [0.717, 1.165) is 10.8 Å². The molecule has 0 aliphatic rings. The molecule has 0 aromatic heterocycles. The van der Waals surface area contributed by atoms with E-state index in [4.69, 9.17) is 10.1 Å². The third kappa shape index (κ3) is 9.36. The van der Waals surface area contributed by atoms with Crippen molar-refractivity contribution in [1.82, 2.24) is 0 Å². The summed E-state index contributed by atoms with van der Waals surface area (Å²) in [7, 11) is 0. The van der Waals surface area contributed by atoms with E-state index in [1.54, 1.807) is 61.5 Å². The van der Waals surface area contributed by atoms with Crippen LogP contribution in [-0.2, 0) is 9.68 Å². The van der Waals surface area contributed by atoms with E-state index < -0.39 is 29.4 Å². The molecule has 0 saturated carbocycles. The third-order valence-corrected chi connectivity index (χ3v) is 9.51. The summed E-state index contributed by atoms with van der Waals surface area (Å²) in [5.41, 5.74) is 0.720. The number of hydrogen-bond donors (Lipinski definition) is 7. The number of benzene rings is 8. The van der Waals surface area contributed by atoms with E-state index in [0.29, 0.717) is 49.0 Å². The predicted molar refractivity (Wildman–Crippen MR) is 214 cm³/mol. The number of phenolic OH excluding ortho intramolecular Hbond substituents is 1. The first kappa shape index (κ1) is 47.8. The van der Waals surface area contributed by atoms with Crippen molar-refractivity contribution in [3.63, 3.8) is 0 Å². The van der Waals surface area contributed by atoms with Crippen molar-refractivity contribution in [3.8, 4) is 45.3 Å². The SMILES string of the molecule is Cc1cc2ccccc2c(-c2c(O)c(C(=O)O)cc3ccccc23)c1O.O=C(O)c1cc2ccccc2c(-c2c(O)c(C(=O)O)cc3ccccc23)c1O.O=CO[O-].[H-].[K+].[K+]. The van der Waals surface area contributed by atoms with Crippen molar-refractivity contribution in [2.45, 2.75) is 6.92 Å². The van der Waals surface area contributed by atoms with Gasteiger partial charge in [-0.1, -0.05) is 97.1 Å². The van der Waals surface area contributed by atoms with E-state index >= 15 is 0 Å². The molecule has 0 aliphatic heterocycles. The zero-order chi connectivity index (χ0) is 41.8. The normalized spacial score (nSPS) is 10.3. The summed E-state index contributed by atoms with van der Waals surface area (Å²) in [6, 6.07) is 34.4. The van der Waals surface area contributed by atoms with Crippen molar-refractivity contribution < 1.29 is 169 Å². The van der Waals surface area contributed by atoms with Crippen LogP contribution < -0.4 is 108 Å². The Kier molecular flexibility index (Phi) is 16.4. The Morgan fingerprint density at radius 2 is 0.717 bits per heavy atom. The van der Waals surface area contributed by atoms with Gasteiger partial charge in [0.1, 0.15) is 39.7 Å². The summed E-state index contributed by atoms with van der Waals surface area (Å²) in [5.74, 6) is -5.26. The number of fused-ring (bicyclic) bond motifs is 4. The van der Waals surface area contributed by atoms with Crippen molar-refractivity contribution >= 4 is 67.5 Å². The molecular weight excluding hydrogens is 827 g/mol. The fourth-order valence-electron chi connectivity index (χ4n) is 6.99. The number of carbonyl (C=O) groups excluding carboxylic acids is 1. The molecule has 8 aromatic rings. The first-order valence-corrected chi connectivity index (χ1v) is 17.2. The van der Waals surface area contributed by atoms with Crippen molar-refractivity contribution in [1.29, 1.82) is 0 Å². The van der Waals surface area contributed by atoms with Gasteiger partial charge in [-0.3, -0.25) is 4.79 Å². The van der Waals surface area contributed by atoms with Gasteiger partial charge in [-0.15, -0.1) is 0 Å². The average molecular weight is 859 g/mol. The van der Waals surface area contributed by atoms with Gasteiger partial charge in [-0.25, -0.2) is 14.4 Å². The molecule has 7 N–H and O–H groups in total. The molecular formula is C45H32K2O13. The summed E-state index contributed by atoms with van der Waals surface area (Å²) in [6.45, 7) is 1.60. The average Bonchev–Trinajstić information content (AvgIpc) is 3.21.